The third-order valence-electron chi connectivity index (χ3n) is 2.20. The fourth-order valence-electron chi connectivity index (χ4n) is 1.81. The summed E-state index contributed by atoms with van der Waals surface area (Å²) in [5, 5.41) is 0. The van der Waals surface area contributed by atoms with E-state index in [2.05, 4.69) is 27.7 Å². The fourth-order valence-corrected chi connectivity index (χ4v) is 1.81. The van der Waals surface area contributed by atoms with Gasteiger partial charge in [0, 0.05) is 5.92 Å². The smallest absolute Gasteiger partial charge is 0.159 e. The average molecular weight is 182 g/mol. The number of ketones is 1. The highest BCUT2D eigenvalue weighted by Gasteiger charge is 2.23. The Balaban J connectivity index is 4.57. The first kappa shape index (κ1) is 12.4. The summed E-state index contributed by atoms with van der Waals surface area (Å²) in [7, 11) is 0. The number of hydrogen-bond acceptors (Lipinski definition) is 1. The van der Waals surface area contributed by atoms with Gasteiger partial charge in [-0.05, 0) is 31.8 Å². The molecule has 0 fully saturated rings. The van der Waals surface area contributed by atoms with Gasteiger partial charge in [-0.15, -0.1) is 0 Å². The van der Waals surface area contributed by atoms with E-state index in [1.54, 1.807) is 6.08 Å². The second-order valence-corrected chi connectivity index (χ2v) is 4.64. The maximum atomic E-state index is 11.8. The highest BCUT2D eigenvalue weighted by Crippen LogP contribution is 2.22. The summed E-state index contributed by atoms with van der Waals surface area (Å²) in [5.41, 5.74) is 1.09. The zero-order chi connectivity index (χ0) is 10.6. The van der Waals surface area contributed by atoms with E-state index in [0.29, 0.717) is 11.8 Å². The van der Waals surface area contributed by atoms with Crippen LogP contribution in [-0.2, 0) is 4.79 Å². The van der Waals surface area contributed by atoms with Gasteiger partial charge in [-0.2, -0.15) is 0 Å². The molecule has 0 heterocycles. The molecule has 0 saturated heterocycles. The van der Waals surface area contributed by atoms with Crippen molar-refractivity contribution in [3.8, 4) is 0 Å². The Hall–Kier alpha value is -0.590. The Morgan fingerprint density at radius 3 is 1.62 bits per heavy atom. The van der Waals surface area contributed by atoms with Gasteiger partial charge in [0.05, 0.1) is 0 Å². The third-order valence-corrected chi connectivity index (χ3v) is 2.20. The van der Waals surface area contributed by atoms with Crippen LogP contribution in [0.2, 0.25) is 0 Å². The predicted molar refractivity (Wildman–Crippen MR) is 57.6 cm³/mol. The molecule has 0 aliphatic carbocycles. The van der Waals surface area contributed by atoms with Crippen LogP contribution in [0.15, 0.2) is 11.6 Å². The first-order valence-corrected chi connectivity index (χ1v) is 5.05. The summed E-state index contributed by atoms with van der Waals surface area (Å²) >= 11 is 0. The van der Waals surface area contributed by atoms with Crippen LogP contribution in [0.3, 0.4) is 0 Å². The van der Waals surface area contributed by atoms with E-state index in [0.717, 1.165) is 5.57 Å². The molecule has 0 aromatic rings. The van der Waals surface area contributed by atoms with E-state index in [-0.39, 0.29) is 11.7 Å². The minimum atomic E-state index is 0.176. The van der Waals surface area contributed by atoms with Gasteiger partial charge in [-0.1, -0.05) is 33.3 Å². The van der Waals surface area contributed by atoms with E-state index in [1.165, 1.54) is 0 Å². The van der Waals surface area contributed by atoms with E-state index in [4.69, 9.17) is 0 Å². The first-order chi connectivity index (χ1) is 5.86. The second kappa shape index (κ2) is 5.21. The molecule has 0 atom stereocenters. The van der Waals surface area contributed by atoms with Crippen molar-refractivity contribution in [2.45, 2.75) is 41.5 Å². The zero-order valence-electron chi connectivity index (χ0n) is 9.72. The minimum Gasteiger partial charge on any atom is -0.295 e. The molecule has 0 aliphatic heterocycles. The molecule has 1 heteroatoms. The van der Waals surface area contributed by atoms with Crippen LogP contribution in [0.4, 0.5) is 0 Å². The first-order valence-electron chi connectivity index (χ1n) is 5.05. The second-order valence-electron chi connectivity index (χ2n) is 4.64. The SMILES string of the molecule is CC(C)=CC(=O)C(C(C)C)C(C)C. The van der Waals surface area contributed by atoms with Crippen LogP contribution in [0, 0.1) is 17.8 Å². The monoisotopic (exact) mass is 182 g/mol. The lowest BCUT2D eigenvalue weighted by atomic mass is 9.82. The van der Waals surface area contributed by atoms with Gasteiger partial charge in [0.15, 0.2) is 5.78 Å². The van der Waals surface area contributed by atoms with Crippen molar-refractivity contribution in [1.29, 1.82) is 0 Å². The molecule has 0 saturated carbocycles. The Morgan fingerprint density at radius 1 is 1.00 bits per heavy atom. The van der Waals surface area contributed by atoms with Gasteiger partial charge < -0.3 is 0 Å². The molecule has 0 rings (SSSR count). The van der Waals surface area contributed by atoms with Crippen molar-refractivity contribution < 1.29 is 4.79 Å². The minimum absolute atomic E-state index is 0.176. The molecule has 0 radical (unpaired) electrons. The van der Waals surface area contributed by atoms with Crippen LogP contribution in [-0.4, -0.2) is 5.78 Å². The largest absolute Gasteiger partial charge is 0.295 e. The fraction of sp³-hybridized carbons (Fsp3) is 0.750. The third kappa shape index (κ3) is 4.25. The van der Waals surface area contributed by atoms with Crippen LogP contribution in [0.25, 0.3) is 0 Å². The number of carbonyl (C=O) groups is 1. The summed E-state index contributed by atoms with van der Waals surface area (Å²) in [6.07, 6.45) is 1.77. The molecule has 0 N–H and O–H groups in total. The van der Waals surface area contributed by atoms with Crippen molar-refractivity contribution in [2.24, 2.45) is 17.8 Å². The Morgan fingerprint density at radius 2 is 1.38 bits per heavy atom. The van der Waals surface area contributed by atoms with E-state index >= 15 is 0 Å². The van der Waals surface area contributed by atoms with Gasteiger partial charge in [0.1, 0.15) is 0 Å². The Kier molecular flexibility index (Phi) is 4.97. The highest BCUT2D eigenvalue weighted by molar-refractivity contribution is 5.92. The van der Waals surface area contributed by atoms with Gasteiger partial charge in [0.25, 0.3) is 0 Å². The Bertz CT molecular complexity index is 187. The molecule has 13 heavy (non-hydrogen) atoms. The van der Waals surface area contributed by atoms with E-state index in [1.807, 2.05) is 13.8 Å². The summed E-state index contributed by atoms with van der Waals surface area (Å²) in [5.74, 6) is 1.33. The van der Waals surface area contributed by atoms with Gasteiger partial charge >= 0.3 is 0 Å². The number of hydrogen-bond donors (Lipinski definition) is 0. The normalized spacial score (nSPS) is 11.2. The van der Waals surface area contributed by atoms with Crippen molar-refractivity contribution >= 4 is 5.78 Å². The number of carbonyl (C=O) groups excluding carboxylic acids is 1. The molecule has 1 nitrogen and oxygen atoms in total. The maximum absolute atomic E-state index is 11.8. The summed E-state index contributed by atoms with van der Waals surface area (Å²) in [6, 6.07) is 0. The molecule has 0 aromatic heterocycles. The molecule has 76 valence electrons. The standard InChI is InChI=1S/C12H22O/c1-8(2)7-11(13)12(9(3)4)10(5)6/h7,9-10,12H,1-6H3. The van der Waals surface area contributed by atoms with Crippen LogP contribution < -0.4 is 0 Å². The molecule has 0 amide bonds. The predicted octanol–water partition coefficient (Wildman–Crippen LogP) is 3.45. The zero-order valence-corrected chi connectivity index (χ0v) is 9.72. The van der Waals surface area contributed by atoms with Crippen molar-refractivity contribution in [1.82, 2.24) is 0 Å². The lowest BCUT2D eigenvalue weighted by Crippen LogP contribution is -2.24. The summed E-state index contributed by atoms with van der Waals surface area (Å²) < 4.78 is 0. The molecular formula is C12H22O. The van der Waals surface area contributed by atoms with E-state index < -0.39 is 0 Å². The Labute approximate surface area is 82.2 Å². The van der Waals surface area contributed by atoms with Gasteiger partial charge in [0.2, 0.25) is 0 Å². The highest BCUT2D eigenvalue weighted by atomic mass is 16.1. The lowest BCUT2D eigenvalue weighted by molar-refractivity contribution is -0.120. The van der Waals surface area contributed by atoms with Gasteiger partial charge in [-0.25, -0.2) is 0 Å². The number of allylic oxidation sites excluding steroid dienone is 2. The van der Waals surface area contributed by atoms with Crippen LogP contribution in [0.5, 0.6) is 0 Å². The summed E-state index contributed by atoms with van der Waals surface area (Å²) in [6.45, 7) is 12.4. The maximum Gasteiger partial charge on any atom is 0.159 e. The van der Waals surface area contributed by atoms with Crippen molar-refractivity contribution in [3.63, 3.8) is 0 Å². The molecular weight excluding hydrogens is 160 g/mol. The van der Waals surface area contributed by atoms with Crippen LogP contribution >= 0.6 is 0 Å². The lowest BCUT2D eigenvalue weighted by Gasteiger charge is -2.21. The quantitative estimate of drug-likeness (QED) is 0.609. The molecule has 0 aromatic carbocycles. The van der Waals surface area contributed by atoms with E-state index in [9.17, 15) is 4.79 Å². The average Bonchev–Trinajstić information content (AvgIpc) is 1.81. The summed E-state index contributed by atoms with van der Waals surface area (Å²) in [4.78, 5) is 11.8. The van der Waals surface area contributed by atoms with Gasteiger partial charge in [-0.3, -0.25) is 4.79 Å². The van der Waals surface area contributed by atoms with Crippen LogP contribution in [0.1, 0.15) is 41.5 Å². The molecule has 0 unspecified atom stereocenters. The molecule has 0 bridgehead atoms. The molecule has 0 aliphatic rings. The number of rotatable bonds is 4. The topological polar surface area (TPSA) is 17.1 Å². The molecule has 0 spiro atoms. The van der Waals surface area contributed by atoms with Crippen molar-refractivity contribution in [2.75, 3.05) is 0 Å². The van der Waals surface area contributed by atoms with Crippen molar-refractivity contribution in [3.05, 3.63) is 11.6 Å².